The van der Waals surface area contributed by atoms with Crippen molar-refractivity contribution in [3.63, 3.8) is 0 Å². The SMILES string of the molecule is O=C(O)[C@H]1CC=CC[C@H]1C(=O)Nc1cccnc1Br. The van der Waals surface area contributed by atoms with E-state index in [9.17, 15) is 9.59 Å². The number of carbonyl (C=O) groups is 2. The van der Waals surface area contributed by atoms with Crippen LogP contribution >= 0.6 is 15.9 Å². The summed E-state index contributed by atoms with van der Waals surface area (Å²) in [5.74, 6) is -2.43. The van der Waals surface area contributed by atoms with Gasteiger partial charge in [0.25, 0.3) is 0 Å². The van der Waals surface area contributed by atoms with Crippen LogP contribution in [0.25, 0.3) is 0 Å². The molecule has 1 aliphatic rings. The number of nitrogens with one attached hydrogen (secondary N) is 1. The molecule has 1 aliphatic carbocycles. The van der Waals surface area contributed by atoms with E-state index in [0.29, 0.717) is 23.1 Å². The summed E-state index contributed by atoms with van der Waals surface area (Å²) in [4.78, 5) is 27.3. The monoisotopic (exact) mass is 324 g/mol. The maximum absolute atomic E-state index is 12.2. The van der Waals surface area contributed by atoms with E-state index in [1.807, 2.05) is 12.2 Å². The molecule has 1 aromatic heterocycles. The number of aromatic nitrogens is 1. The Morgan fingerprint density at radius 2 is 2.00 bits per heavy atom. The van der Waals surface area contributed by atoms with Gasteiger partial charge in [0, 0.05) is 6.20 Å². The maximum Gasteiger partial charge on any atom is 0.307 e. The molecule has 1 heterocycles. The summed E-state index contributed by atoms with van der Waals surface area (Å²) in [6.45, 7) is 0. The number of hydrogen-bond acceptors (Lipinski definition) is 3. The maximum atomic E-state index is 12.2. The van der Waals surface area contributed by atoms with Crippen LogP contribution in [0.1, 0.15) is 12.8 Å². The molecule has 0 saturated heterocycles. The zero-order valence-electron chi connectivity index (χ0n) is 10.0. The van der Waals surface area contributed by atoms with Crippen molar-refractivity contribution in [2.75, 3.05) is 5.32 Å². The predicted octanol–water partition coefficient (Wildman–Crippen LogP) is 2.45. The summed E-state index contributed by atoms with van der Waals surface area (Å²) in [6, 6.07) is 3.42. The third-order valence-corrected chi connectivity index (χ3v) is 3.74. The van der Waals surface area contributed by atoms with E-state index in [4.69, 9.17) is 5.11 Å². The second-order valence-corrected chi connectivity index (χ2v) is 5.08. The summed E-state index contributed by atoms with van der Waals surface area (Å²) in [7, 11) is 0. The Morgan fingerprint density at radius 3 is 2.63 bits per heavy atom. The second kappa shape index (κ2) is 5.97. The number of aliphatic carboxylic acids is 1. The van der Waals surface area contributed by atoms with Crippen molar-refractivity contribution < 1.29 is 14.7 Å². The molecular weight excluding hydrogens is 312 g/mol. The lowest BCUT2D eigenvalue weighted by Crippen LogP contribution is -2.34. The summed E-state index contributed by atoms with van der Waals surface area (Å²) in [6.07, 6.45) is 6.09. The number of pyridine rings is 1. The molecule has 0 spiro atoms. The number of carboxylic acid groups (broad SMARTS) is 1. The smallest absolute Gasteiger partial charge is 0.307 e. The molecule has 0 aliphatic heterocycles. The van der Waals surface area contributed by atoms with Gasteiger partial charge in [0.05, 0.1) is 17.5 Å². The molecule has 1 amide bonds. The molecule has 2 N–H and O–H groups in total. The highest BCUT2D eigenvalue weighted by molar-refractivity contribution is 9.10. The van der Waals surface area contributed by atoms with Crippen LogP contribution in [-0.2, 0) is 9.59 Å². The Labute approximate surface area is 118 Å². The average Bonchev–Trinajstić information content (AvgIpc) is 2.41. The van der Waals surface area contributed by atoms with Gasteiger partial charge in [-0.3, -0.25) is 9.59 Å². The Bertz CT molecular complexity index is 530. The van der Waals surface area contributed by atoms with Crippen molar-refractivity contribution >= 4 is 33.5 Å². The van der Waals surface area contributed by atoms with E-state index >= 15 is 0 Å². The van der Waals surface area contributed by atoms with Crippen molar-refractivity contribution in [2.45, 2.75) is 12.8 Å². The molecule has 0 aromatic carbocycles. The van der Waals surface area contributed by atoms with E-state index in [2.05, 4.69) is 26.2 Å². The molecule has 19 heavy (non-hydrogen) atoms. The van der Waals surface area contributed by atoms with Gasteiger partial charge in [0.15, 0.2) is 0 Å². The van der Waals surface area contributed by atoms with Crippen LogP contribution < -0.4 is 5.32 Å². The van der Waals surface area contributed by atoms with Crippen molar-refractivity contribution in [1.82, 2.24) is 4.98 Å². The molecule has 1 aromatic rings. The summed E-state index contributed by atoms with van der Waals surface area (Å²) >= 11 is 3.24. The molecule has 2 rings (SSSR count). The zero-order chi connectivity index (χ0) is 13.8. The molecule has 0 unspecified atom stereocenters. The van der Waals surface area contributed by atoms with Gasteiger partial charge in [0.1, 0.15) is 4.60 Å². The largest absolute Gasteiger partial charge is 0.481 e. The van der Waals surface area contributed by atoms with Gasteiger partial charge in [-0.25, -0.2) is 4.98 Å². The number of rotatable bonds is 3. The first-order valence-electron chi connectivity index (χ1n) is 5.88. The third-order valence-electron chi connectivity index (χ3n) is 3.10. The average molecular weight is 325 g/mol. The van der Waals surface area contributed by atoms with Crippen LogP contribution in [0.2, 0.25) is 0 Å². The summed E-state index contributed by atoms with van der Waals surface area (Å²) in [5, 5.41) is 11.9. The van der Waals surface area contributed by atoms with Crippen molar-refractivity contribution in [3.05, 3.63) is 35.1 Å². The Kier molecular flexibility index (Phi) is 4.31. The van der Waals surface area contributed by atoms with Gasteiger partial charge >= 0.3 is 5.97 Å². The van der Waals surface area contributed by atoms with Crippen LogP contribution in [0.3, 0.4) is 0 Å². The Hall–Kier alpha value is -1.69. The van der Waals surface area contributed by atoms with Crippen LogP contribution in [0.4, 0.5) is 5.69 Å². The molecule has 100 valence electrons. The van der Waals surface area contributed by atoms with E-state index in [-0.39, 0.29) is 5.91 Å². The van der Waals surface area contributed by atoms with Gasteiger partial charge < -0.3 is 10.4 Å². The highest BCUT2D eigenvalue weighted by Gasteiger charge is 2.34. The number of halogens is 1. The fraction of sp³-hybridized carbons (Fsp3) is 0.308. The third kappa shape index (κ3) is 3.20. The highest BCUT2D eigenvalue weighted by atomic mass is 79.9. The minimum atomic E-state index is -0.935. The number of anilines is 1. The molecule has 2 atom stereocenters. The van der Waals surface area contributed by atoms with Crippen LogP contribution in [0.5, 0.6) is 0 Å². The van der Waals surface area contributed by atoms with E-state index in [0.717, 1.165) is 0 Å². The van der Waals surface area contributed by atoms with Crippen molar-refractivity contribution in [2.24, 2.45) is 11.8 Å². The van der Waals surface area contributed by atoms with Gasteiger partial charge in [-0.05, 0) is 40.9 Å². The standard InChI is InChI=1S/C13H13BrN2O3/c14-11-10(6-3-7-15-11)16-12(17)8-4-1-2-5-9(8)13(18)19/h1-3,6-9H,4-5H2,(H,16,17)(H,18,19)/t8-,9+/m1/s1. The predicted molar refractivity (Wildman–Crippen MR) is 73.6 cm³/mol. The Morgan fingerprint density at radius 1 is 1.32 bits per heavy atom. The van der Waals surface area contributed by atoms with Crippen molar-refractivity contribution in [3.8, 4) is 0 Å². The van der Waals surface area contributed by atoms with Crippen molar-refractivity contribution in [1.29, 1.82) is 0 Å². The van der Waals surface area contributed by atoms with Crippen LogP contribution in [0.15, 0.2) is 35.1 Å². The number of allylic oxidation sites excluding steroid dienone is 2. The van der Waals surface area contributed by atoms with Gasteiger partial charge in [-0.15, -0.1) is 0 Å². The van der Waals surface area contributed by atoms with E-state index in [1.54, 1.807) is 18.3 Å². The summed E-state index contributed by atoms with van der Waals surface area (Å²) in [5.41, 5.74) is 0.547. The first-order chi connectivity index (χ1) is 9.09. The normalized spacial score (nSPS) is 21.9. The van der Waals surface area contributed by atoms with Gasteiger partial charge in [0.2, 0.25) is 5.91 Å². The lowest BCUT2D eigenvalue weighted by atomic mass is 9.82. The van der Waals surface area contributed by atoms with Gasteiger partial charge in [-0.1, -0.05) is 12.2 Å². The lowest BCUT2D eigenvalue weighted by Gasteiger charge is -2.24. The second-order valence-electron chi connectivity index (χ2n) is 4.33. The van der Waals surface area contributed by atoms with E-state index in [1.165, 1.54) is 0 Å². The van der Waals surface area contributed by atoms with E-state index < -0.39 is 17.8 Å². The molecular formula is C13H13BrN2O3. The number of carboxylic acids is 1. The number of hydrogen-bond donors (Lipinski definition) is 2. The number of carbonyl (C=O) groups excluding carboxylic acids is 1. The quantitative estimate of drug-likeness (QED) is 0.661. The van der Waals surface area contributed by atoms with Gasteiger partial charge in [-0.2, -0.15) is 0 Å². The van der Waals surface area contributed by atoms with Crippen LogP contribution in [-0.4, -0.2) is 22.0 Å². The molecule has 0 fully saturated rings. The fourth-order valence-electron chi connectivity index (χ4n) is 2.08. The van der Waals surface area contributed by atoms with Crippen LogP contribution in [0, 0.1) is 11.8 Å². The minimum Gasteiger partial charge on any atom is -0.481 e. The fourth-order valence-corrected chi connectivity index (χ4v) is 2.43. The molecule has 6 heteroatoms. The molecule has 0 bridgehead atoms. The number of nitrogens with zero attached hydrogens (tertiary/aromatic N) is 1. The molecule has 5 nitrogen and oxygen atoms in total. The molecule has 0 saturated carbocycles. The highest BCUT2D eigenvalue weighted by Crippen LogP contribution is 2.28. The lowest BCUT2D eigenvalue weighted by molar-refractivity contribution is -0.146. The number of amides is 1. The minimum absolute atomic E-state index is 0.287. The Balaban J connectivity index is 2.13. The summed E-state index contributed by atoms with van der Waals surface area (Å²) < 4.78 is 0.529. The zero-order valence-corrected chi connectivity index (χ0v) is 11.6. The molecule has 0 radical (unpaired) electrons. The first kappa shape index (κ1) is 13.7. The topological polar surface area (TPSA) is 79.3 Å². The first-order valence-corrected chi connectivity index (χ1v) is 6.68.